The van der Waals surface area contributed by atoms with Crippen molar-refractivity contribution in [2.75, 3.05) is 0 Å². The third-order valence-electron chi connectivity index (χ3n) is 2.08. The van der Waals surface area contributed by atoms with Crippen LogP contribution in [-0.2, 0) is 5.41 Å². The van der Waals surface area contributed by atoms with Gasteiger partial charge in [-0.1, -0.05) is 20.8 Å². The van der Waals surface area contributed by atoms with Crippen molar-refractivity contribution >= 4 is 5.65 Å². The Balaban J connectivity index is 2.65. The van der Waals surface area contributed by atoms with E-state index in [2.05, 4.69) is 42.0 Å². The molecule has 0 amide bonds. The van der Waals surface area contributed by atoms with E-state index in [4.69, 9.17) is 6.42 Å². The molecule has 0 unspecified atom stereocenters. The highest BCUT2D eigenvalue weighted by Crippen LogP contribution is 2.21. The van der Waals surface area contributed by atoms with Gasteiger partial charge >= 0.3 is 0 Å². The molecule has 14 heavy (non-hydrogen) atoms. The average Bonchev–Trinajstić information content (AvgIpc) is 2.58. The number of nitrogens with one attached hydrogen (secondary N) is 1. The third kappa shape index (κ3) is 1.18. The lowest BCUT2D eigenvalue weighted by molar-refractivity contribution is 0.562. The molecule has 2 rings (SSSR count). The lowest BCUT2D eigenvalue weighted by atomic mass is 9.93. The van der Waals surface area contributed by atoms with Crippen molar-refractivity contribution in [1.29, 1.82) is 0 Å². The summed E-state index contributed by atoms with van der Waals surface area (Å²) < 4.78 is 1.65. The van der Waals surface area contributed by atoms with Gasteiger partial charge in [-0.25, -0.2) is 0 Å². The van der Waals surface area contributed by atoms with Crippen LogP contribution in [0.3, 0.4) is 0 Å². The maximum Gasteiger partial charge on any atom is 0.226 e. The fourth-order valence-corrected chi connectivity index (χ4v) is 1.24. The van der Waals surface area contributed by atoms with Crippen molar-refractivity contribution in [2.24, 2.45) is 0 Å². The number of nitrogens with zero attached hydrogens (tertiary/aromatic N) is 3. The standard InChI is InChI=1S/C10H12N4/c1-5-8-11-12-9-6-7(10(2,3)4)13-14(8)9/h1,6,12H,2-4H3. The van der Waals surface area contributed by atoms with Crippen LogP contribution in [-0.4, -0.2) is 19.8 Å². The normalized spacial score (nSPS) is 11.9. The maximum atomic E-state index is 5.29. The molecule has 2 aromatic rings. The van der Waals surface area contributed by atoms with Gasteiger partial charge in [-0.2, -0.15) is 9.61 Å². The van der Waals surface area contributed by atoms with E-state index >= 15 is 0 Å². The Morgan fingerprint density at radius 2 is 2.21 bits per heavy atom. The summed E-state index contributed by atoms with van der Waals surface area (Å²) in [5, 5.41) is 11.2. The van der Waals surface area contributed by atoms with E-state index in [0.717, 1.165) is 11.3 Å². The maximum absolute atomic E-state index is 5.29. The van der Waals surface area contributed by atoms with Gasteiger partial charge in [-0.15, -0.1) is 11.5 Å². The molecule has 0 aromatic carbocycles. The number of aromatic nitrogens is 4. The average molecular weight is 188 g/mol. The minimum Gasteiger partial charge on any atom is -0.258 e. The molecule has 0 bridgehead atoms. The fourth-order valence-electron chi connectivity index (χ4n) is 1.24. The van der Waals surface area contributed by atoms with Crippen LogP contribution in [0.25, 0.3) is 5.65 Å². The molecule has 2 heterocycles. The third-order valence-corrected chi connectivity index (χ3v) is 2.08. The van der Waals surface area contributed by atoms with Crippen molar-refractivity contribution in [2.45, 2.75) is 26.2 Å². The summed E-state index contributed by atoms with van der Waals surface area (Å²) in [6, 6.07) is 1.97. The van der Waals surface area contributed by atoms with Crippen LogP contribution in [0.1, 0.15) is 32.3 Å². The minimum atomic E-state index is 0.0265. The minimum absolute atomic E-state index is 0.0265. The second-order valence-electron chi connectivity index (χ2n) is 4.27. The summed E-state index contributed by atoms with van der Waals surface area (Å²) >= 11 is 0. The molecule has 4 heteroatoms. The number of hydrogen-bond acceptors (Lipinski definition) is 2. The van der Waals surface area contributed by atoms with Crippen LogP contribution < -0.4 is 0 Å². The lowest BCUT2D eigenvalue weighted by Crippen LogP contribution is -2.12. The SMILES string of the molecule is C#Cc1n[nH]c2cc(C(C)(C)C)nn12. The summed E-state index contributed by atoms with van der Waals surface area (Å²) in [6.45, 7) is 6.33. The van der Waals surface area contributed by atoms with E-state index in [1.54, 1.807) is 4.52 Å². The van der Waals surface area contributed by atoms with Gasteiger partial charge in [0.1, 0.15) is 0 Å². The molecule has 0 saturated heterocycles. The Bertz CT molecular complexity index is 504. The van der Waals surface area contributed by atoms with Crippen molar-refractivity contribution in [3.63, 3.8) is 0 Å². The molecular formula is C10H12N4. The van der Waals surface area contributed by atoms with Crippen molar-refractivity contribution in [3.8, 4) is 12.3 Å². The van der Waals surface area contributed by atoms with E-state index in [9.17, 15) is 0 Å². The molecule has 0 saturated carbocycles. The molecule has 0 aliphatic heterocycles. The van der Waals surface area contributed by atoms with Crippen LogP contribution >= 0.6 is 0 Å². The Morgan fingerprint density at radius 1 is 1.50 bits per heavy atom. The monoisotopic (exact) mass is 188 g/mol. The molecule has 72 valence electrons. The van der Waals surface area contributed by atoms with Crippen molar-refractivity contribution < 1.29 is 0 Å². The first-order chi connectivity index (χ1) is 6.52. The number of aromatic amines is 1. The summed E-state index contributed by atoms with van der Waals surface area (Å²) in [5.41, 5.74) is 1.86. The van der Waals surface area contributed by atoms with Crippen LogP contribution in [0.4, 0.5) is 0 Å². The molecule has 1 N–H and O–H groups in total. The predicted molar refractivity (Wildman–Crippen MR) is 54.0 cm³/mol. The van der Waals surface area contributed by atoms with E-state index in [0.29, 0.717) is 5.82 Å². The first-order valence-electron chi connectivity index (χ1n) is 4.43. The van der Waals surface area contributed by atoms with Gasteiger partial charge in [0.15, 0.2) is 5.65 Å². The van der Waals surface area contributed by atoms with Crippen LogP contribution in [0.5, 0.6) is 0 Å². The highest BCUT2D eigenvalue weighted by molar-refractivity contribution is 5.42. The predicted octanol–water partition coefficient (Wildman–Crippen LogP) is 1.34. The van der Waals surface area contributed by atoms with Crippen molar-refractivity contribution in [3.05, 3.63) is 17.6 Å². The second-order valence-corrected chi connectivity index (χ2v) is 4.27. The van der Waals surface area contributed by atoms with Gasteiger partial charge in [-0.05, 0) is 5.92 Å². The zero-order chi connectivity index (χ0) is 10.3. The summed E-state index contributed by atoms with van der Waals surface area (Å²) in [7, 11) is 0. The van der Waals surface area contributed by atoms with Gasteiger partial charge in [0.25, 0.3) is 0 Å². The Kier molecular flexibility index (Phi) is 1.65. The molecule has 0 spiro atoms. The van der Waals surface area contributed by atoms with E-state index in [1.165, 1.54) is 0 Å². The van der Waals surface area contributed by atoms with Gasteiger partial charge in [0.2, 0.25) is 5.82 Å². The first-order valence-corrected chi connectivity index (χ1v) is 4.43. The molecule has 0 aliphatic rings. The number of fused-ring (bicyclic) bond motifs is 1. The number of hydrogen-bond donors (Lipinski definition) is 1. The van der Waals surface area contributed by atoms with Crippen molar-refractivity contribution in [1.82, 2.24) is 19.8 Å². The quantitative estimate of drug-likeness (QED) is 0.634. The molecule has 0 radical (unpaired) electrons. The largest absolute Gasteiger partial charge is 0.258 e. The zero-order valence-corrected chi connectivity index (χ0v) is 8.50. The highest BCUT2D eigenvalue weighted by Gasteiger charge is 2.19. The fraction of sp³-hybridized carbons (Fsp3) is 0.400. The van der Waals surface area contributed by atoms with Crippen LogP contribution in [0.15, 0.2) is 6.07 Å². The summed E-state index contributed by atoms with van der Waals surface area (Å²) in [5.74, 6) is 2.98. The van der Waals surface area contributed by atoms with Gasteiger partial charge in [0.05, 0.1) is 5.69 Å². The summed E-state index contributed by atoms with van der Waals surface area (Å²) in [4.78, 5) is 0. The topological polar surface area (TPSA) is 46.0 Å². The van der Waals surface area contributed by atoms with Gasteiger partial charge in [-0.3, -0.25) is 5.10 Å². The summed E-state index contributed by atoms with van der Waals surface area (Å²) in [6.07, 6.45) is 5.29. The molecule has 2 aromatic heterocycles. The van der Waals surface area contributed by atoms with E-state index in [-0.39, 0.29) is 5.41 Å². The second kappa shape index (κ2) is 2.61. The Morgan fingerprint density at radius 3 is 2.79 bits per heavy atom. The first kappa shape index (κ1) is 8.82. The van der Waals surface area contributed by atoms with Crippen LogP contribution in [0.2, 0.25) is 0 Å². The molecule has 0 aliphatic carbocycles. The highest BCUT2D eigenvalue weighted by atomic mass is 15.4. The van der Waals surface area contributed by atoms with E-state index in [1.807, 2.05) is 6.07 Å². The molecular weight excluding hydrogens is 176 g/mol. The lowest BCUT2D eigenvalue weighted by Gasteiger charge is -2.13. The van der Waals surface area contributed by atoms with Crippen LogP contribution in [0, 0.1) is 12.3 Å². The number of rotatable bonds is 0. The Hall–Kier alpha value is -1.76. The van der Waals surface area contributed by atoms with Gasteiger partial charge in [0, 0.05) is 11.5 Å². The smallest absolute Gasteiger partial charge is 0.226 e. The molecule has 4 nitrogen and oxygen atoms in total. The Labute approximate surface area is 82.3 Å². The molecule has 0 fully saturated rings. The van der Waals surface area contributed by atoms with Gasteiger partial charge < -0.3 is 0 Å². The zero-order valence-electron chi connectivity index (χ0n) is 8.50. The number of terminal acetylenes is 1. The van der Waals surface area contributed by atoms with E-state index < -0.39 is 0 Å². The molecule has 0 atom stereocenters. The number of H-pyrrole nitrogens is 1.